The van der Waals surface area contributed by atoms with Gasteiger partial charge in [-0.2, -0.15) is 0 Å². The van der Waals surface area contributed by atoms with Crippen LogP contribution in [0.3, 0.4) is 0 Å². The van der Waals surface area contributed by atoms with Crippen molar-refractivity contribution in [1.82, 2.24) is 0 Å². The number of carbonyl (C=O) groups excluding carboxylic acids is 1. The third-order valence-corrected chi connectivity index (χ3v) is 6.69. The van der Waals surface area contributed by atoms with Crippen LogP contribution in [0.25, 0.3) is 6.08 Å². The number of ether oxygens (including phenoxy) is 2. The number of ketones is 1. The SMILES string of the molecule is C=Cc1c2c(c(OC)c(OC)c1C(C)C)[C@@]1(C)CCCC(C)(C)[C@H]1C2=O. The van der Waals surface area contributed by atoms with Crippen molar-refractivity contribution >= 4 is 11.9 Å². The lowest BCUT2D eigenvalue weighted by Crippen LogP contribution is -2.44. The molecule has 0 N–H and O–H groups in total. The molecule has 3 nitrogen and oxygen atoms in total. The Bertz CT molecular complexity index is 772. The Morgan fingerprint density at radius 1 is 1.12 bits per heavy atom. The zero-order chi connectivity index (χ0) is 19.4. The fourth-order valence-electron chi connectivity index (χ4n) is 5.84. The number of benzene rings is 1. The minimum Gasteiger partial charge on any atom is -0.493 e. The Kier molecular flexibility index (Phi) is 4.49. The Morgan fingerprint density at radius 3 is 2.23 bits per heavy atom. The van der Waals surface area contributed by atoms with Crippen molar-refractivity contribution in [2.45, 2.75) is 65.2 Å². The van der Waals surface area contributed by atoms with Gasteiger partial charge in [-0.1, -0.05) is 53.7 Å². The maximum Gasteiger partial charge on any atom is 0.168 e. The van der Waals surface area contributed by atoms with Gasteiger partial charge >= 0.3 is 0 Å². The summed E-state index contributed by atoms with van der Waals surface area (Å²) in [7, 11) is 3.37. The smallest absolute Gasteiger partial charge is 0.168 e. The molecule has 0 saturated heterocycles. The fourth-order valence-corrected chi connectivity index (χ4v) is 5.84. The van der Waals surface area contributed by atoms with E-state index in [1.165, 1.54) is 0 Å². The van der Waals surface area contributed by atoms with Gasteiger partial charge in [-0.05, 0) is 29.7 Å². The van der Waals surface area contributed by atoms with Crippen molar-refractivity contribution in [3.05, 3.63) is 28.8 Å². The summed E-state index contributed by atoms with van der Waals surface area (Å²) in [5.41, 5.74) is 3.57. The molecule has 2 aliphatic carbocycles. The van der Waals surface area contributed by atoms with E-state index in [1.54, 1.807) is 14.2 Å². The van der Waals surface area contributed by atoms with E-state index < -0.39 is 0 Å². The highest BCUT2D eigenvalue weighted by molar-refractivity contribution is 6.09. The normalized spacial score (nSPS) is 26.5. The van der Waals surface area contributed by atoms with Crippen LogP contribution in [-0.2, 0) is 5.41 Å². The Labute approximate surface area is 157 Å². The number of fused-ring (bicyclic) bond motifs is 3. The molecule has 0 aliphatic heterocycles. The first-order chi connectivity index (χ1) is 12.2. The van der Waals surface area contributed by atoms with E-state index in [2.05, 4.69) is 41.2 Å². The first-order valence-electron chi connectivity index (χ1n) is 9.64. The molecule has 1 aromatic rings. The largest absolute Gasteiger partial charge is 0.493 e. The molecule has 0 bridgehead atoms. The summed E-state index contributed by atoms with van der Waals surface area (Å²) in [6.07, 6.45) is 5.03. The van der Waals surface area contributed by atoms with Gasteiger partial charge in [0.2, 0.25) is 0 Å². The highest BCUT2D eigenvalue weighted by Gasteiger charge is 2.59. The summed E-state index contributed by atoms with van der Waals surface area (Å²) in [4.78, 5) is 13.7. The molecular weight excluding hydrogens is 324 g/mol. The third-order valence-electron chi connectivity index (χ3n) is 6.69. The number of hydrogen-bond donors (Lipinski definition) is 0. The van der Waals surface area contributed by atoms with E-state index in [-0.39, 0.29) is 28.4 Å². The lowest BCUT2D eigenvalue weighted by molar-refractivity contribution is 0.0496. The summed E-state index contributed by atoms with van der Waals surface area (Å²) in [5, 5.41) is 0. The molecule has 2 atom stereocenters. The minimum atomic E-state index is -0.222. The molecule has 3 rings (SSSR count). The zero-order valence-electron chi connectivity index (χ0n) is 17.3. The highest BCUT2D eigenvalue weighted by Crippen LogP contribution is 2.63. The van der Waals surface area contributed by atoms with Crippen molar-refractivity contribution in [3.8, 4) is 11.5 Å². The number of rotatable bonds is 4. The Balaban J connectivity index is 2.47. The number of Topliss-reactive ketones (excluding diaryl/α,β-unsaturated/α-hetero) is 1. The average Bonchev–Trinajstić information content (AvgIpc) is 2.81. The predicted octanol–water partition coefficient (Wildman–Crippen LogP) is 5.75. The molecule has 2 aliphatic rings. The van der Waals surface area contributed by atoms with Crippen LogP contribution in [0.15, 0.2) is 6.58 Å². The van der Waals surface area contributed by atoms with Gasteiger partial charge in [0, 0.05) is 28.0 Å². The molecule has 142 valence electrons. The van der Waals surface area contributed by atoms with E-state index >= 15 is 0 Å². The quantitative estimate of drug-likeness (QED) is 0.689. The fraction of sp³-hybridized carbons (Fsp3) is 0.609. The van der Waals surface area contributed by atoms with Crippen molar-refractivity contribution < 1.29 is 14.3 Å². The van der Waals surface area contributed by atoms with E-state index in [0.717, 1.165) is 53.0 Å². The van der Waals surface area contributed by atoms with Crippen molar-refractivity contribution in [2.75, 3.05) is 14.2 Å². The van der Waals surface area contributed by atoms with Gasteiger partial charge < -0.3 is 9.47 Å². The van der Waals surface area contributed by atoms with Crippen LogP contribution in [0, 0.1) is 11.3 Å². The predicted molar refractivity (Wildman–Crippen MR) is 107 cm³/mol. The second-order valence-electron chi connectivity index (χ2n) is 9.06. The molecule has 0 unspecified atom stereocenters. The molecule has 1 fully saturated rings. The maximum absolute atomic E-state index is 13.7. The molecular formula is C23H32O3. The average molecular weight is 357 g/mol. The zero-order valence-corrected chi connectivity index (χ0v) is 17.3. The minimum absolute atomic E-state index is 0.0292. The molecule has 3 heteroatoms. The van der Waals surface area contributed by atoms with Gasteiger partial charge in [0.1, 0.15) is 0 Å². The topological polar surface area (TPSA) is 35.5 Å². The first-order valence-corrected chi connectivity index (χ1v) is 9.64. The molecule has 0 heterocycles. The van der Waals surface area contributed by atoms with Gasteiger partial charge in [-0.15, -0.1) is 0 Å². The monoisotopic (exact) mass is 356 g/mol. The van der Waals surface area contributed by atoms with Gasteiger partial charge in [0.05, 0.1) is 14.2 Å². The molecule has 0 amide bonds. The summed E-state index contributed by atoms with van der Waals surface area (Å²) >= 11 is 0. The van der Waals surface area contributed by atoms with Crippen LogP contribution in [0.1, 0.15) is 86.8 Å². The van der Waals surface area contributed by atoms with E-state index in [1.807, 2.05) is 6.08 Å². The van der Waals surface area contributed by atoms with Gasteiger partial charge in [0.25, 0.3) is 0 Å². The van der Waals surface area contributed by atoms with Crippen molar-refractivity contribution in [1.29, 1.82) is 0 Å². The van der Waals surface area contributed by atoms with Gasteiger partial charge in [-0.3, -0.25) is 4.79 Å². The summed E-state index contributed by atoms with van der Waals surface area (Å²) in [6.45, 7) is 15.0. The summed E-state index contributed by atoms with van der Waals surface area (Å²) in [6, 6.07) is 0. The Morgan fingerprint density at radius 2 is 1.73 bits per heavy atom. The maximum atomic E-state index is 13.7. The van der Waals surface area contributed by atoms with Crippen LogP contribution in [0.2, 0.25) is 0 Å². The van der Waals surface area contributed by atoms with Crippen molar-refractivity contribution in [3.63, 3.8) is 0 Å². The van der Waals surface area contributed by atoms with Gasteiger partial charge in [0.15, 0.2) is 17.3 Å². The van der Waals surface area contributed by atoms with Crippen LogP contribution < -0.4 is 9.47 Å². The Hall–Kier alpha value is -1.77. The highest BCUT2D eigenvalue weighted by atomic mass is 16.5. The van der Waals surface area contributed by atoms with Crippen molar-refractivity contribution in [2.24, 2.45) is 11.3 Å². The van der Waals surface area contributed by atoms with Gasteiger partial charge in [-0.25, -0.2) is 0 Å². The number of hydrogen-bond acceptors (Lipinski definition) is 3. The van der Waals surface area contributed by atoms with Crippen LogP contribution in [-0.4, -0.2) is 20.0 Å². The van der Waals surface area contributed by atoms with E-state index in [4.69, 9.17) is 9.47 Å². The molecule has 1 saturated carbocycles. The van der Waals surface area contributed by atoms with Crippen LogP contribution in [0.5, 0.6) is 11.5 Å². The molecule has 26 heavy (non-hydrogen) atoms. The molecule has 1 aromatic carbocycles. The lowest BCUT2D eigenvalue weighted by atomic mass is 9.56. The van der Waals surface area contributed by atoms with Crippen LogP contribution >= 0.6 is 0 Å². The lowest BCUT2D eigenvalue weighted by Gasteiger charge is -2.46. The van der Waals surface area contributed by atoms with Crippen LogP contribution in [0.4, 0.5) is 0 Å². The second-order valence-corrected chi connectivity index (χ2v) is 9.06. The standard InChI is InChI=1S/C23H32O3/c1-9-14-15(13(2)3)19(25-7)20(26-8)17-16(14)18(24)21-22(4,5)11-10-12-23(17,21)6/h9,13,21H,1,10-12H2,2-8H3/t21-,23-/m1/s1. The molecule has 0 spiro atoms. The summed E-state index contributed by atoms with van der Waals surface area (Å²) in [5.74, 6) is 1.93. The first kappa shape index (κ1) is 19.0. The third kappa shape index (κ3) is 2.28. The molecule has 0 aromatic heterocycles. The second kappa shape index (κ2) is 6.14. The number of carbonyl (C=O) groups is 1. The molecule has 0 radical (unpaired) electrons. The van der Waals surface area contributed by atoms with E-state index in [9.17, 15) is 4.79 Å². The number of methoxy groups -OCH3 is 2. The van der Waals surface area contributed by atoms with E-state index in [0.29, 0.717) is 0 Å². The summed E-state index contributed by atoms with van der Waals surface area (Å²) < 4.78 is 11.7.